The van der Waals surface area contributed by atoms with Gasteiger partial charge in [-0.2, -0.15) is 0 Å². The number of hydrogen-bond acceptors (Lipinski definition) is 3. The summed E-state index contributed by atoms with van der Waals surface area (Å²) >= 11 is 0. The molecule has 1 rings (SSSR count). The minimum Gasteiger partial charge on any atom is -0.478 e. The Labute approximate surface area is 117 Å². The topological polar surface area (TPSA) is 74.6 Å². The Hall–Kier alpha value is -1.75. The lowest BCUT2D eigenvalue weighted by Gasteiger charge is -2.44. The van der Waals surface area contributed by atoms with Crippen molar-refractivity contribution in [1.29, 1.82) is 0 Å². The highest BCUT2D eigenvalue weighted by atomic mass is 19.1. The number of halogens is 1. The maximum atomic E-state index is 13.4. The second-order valence-electron chi connectivity index (χ2n) is 5.49. The molecule has 2 N–H and O–H groups in total. The highest BCUT2D eigenvalue weighted by Gasteiger charge is 2.50. The lowest BCUT2D eigenvalue weighted by Crippen LogP contribution is -2.51. The first-order valence-corrected chi connectivity index (χ1v) is 6.25. The number of ketones is 1. The van der Waals surface area contributed by atoms with E-state index in [1.807, 2.05) is 0 Å². The molecule has 0 radical (unpaired) electrons. The molecule has 1 aliphatic carbocycles. The van der Waals surface area contributed by atoms with E-state index in [2.05, 4.69) is 0 Å². The molecule has 1 aliphatic rings. The van der Waals surface area contributed by atoms with Crippen LogP contribution in [0.25, 0.3) is 0 Å². The van der Waals surface area contributed by atoms with Crippen LogP contribution < -0.4 is 0 Å². The molecule has 0 aliphatic heterocycles. The second kappa shape index (κ2) is 5.71. The number of carboxylic acids is 1. The molecule has 0 bridgehead atoms. The number of carbonyl (C=O) groups excluding carboxylic acids is 1. The Morgan fingerprint density at radius 2 is 2.15 bits per heavy atom. The number of hydrogen-bond donors (Lipinski definition) is 2. The Kier molecular flexibility index (Phi) is 4.65. The number of allylic oxidation sites excluding steroid dienone is 3. The lowest BCUT2D eigenvalue weighted by atomic mass is 9.64. The number of aliphatic hydroxyl groups is 1. The first-order valence-electron chi connectivity index (χ1n) is 6.25. The van der Waals surface area contributed by atoms with E-state index in [4.69, 9.17) is 5.11 Å². The summed E-state index contributed by atoms with van der Waals surface area (Å²) < 4.78 is 13.4. The predicted molar refractivity (Wildman–Crippen MR) is 72.9 cm³/mol. The van der Waals surface area contributed by atoms with Crippen LogP contribution in [0.5, 0.6) is 0 Å². The summed E-state index contributed by atoms with van der Waals surface area (Å²) in [6, 6.07) is 0. The molecule has 0 aromatic carbocycles. The van der Waals surface area contributed by atoms with Crippen LogP contribution in [0.2, 0.25) is 0 Å². The van der Waals surface area contributed by atoms with E-state index in [9.17, 15) is 19.1 Å². The second-order valence-corrected chi connectivity index (χ2v) is 5.49. The van der Waals surface area contributed by atoms with Crippen LogP contribution in [0.15, 0.2) is 35.5 Å². The van der Waals surface area contributed by atoms with Gasteiger partial charge in [-0.25, -0.2) is 4.79 Å². The van der Waals surface area contributed by atoms with Gasteiger partial charge in [-0.15, -0.1) is 0 Å². The van der Waals surface area contributed by atoms with Crippen LogP contribution in [-0.4, -0.2) is 34.2 Å². The van der Waals surface area contributed by atoms with Crippen molar-refractivity contribution in [3.8, 4) is 0 Å². The van der Waals surface area contributed by atoms with Gasteiger partial charge in [0.1, 0.15) is 5.60 Å². The average molecular weight is 282 g/mol. The molecule has 4 nitrogen and oxygen atoms in total. The largest absolute Gasteiger partial charge is 0.478 e. The van der Waals surface area contributed by atoms with E-state index < -0.39 is 23.7 Å². The fourth-order valence-electron chi connectivity index (χ4n) is 2.37. The first-order chi connectivity index (χ1) is 9.14. The summed E-state index contributed by atoms with van der Waals surface area (Å²) in [5.41, 5.74) is -2.09. The molecule has 5 heteroatoms. The van der Waals surface area contributed by atoms with E-state index >= 15 is 0 Å². The van der Waals surface area contributed by atoms with Gasteiger partial charge in [0.05, 0.1) is 6.67 Å². The smallest absolute Gasteiger partial charge is 0.328 e. The number of carboxylic acid groups (broad SMARTS) is 1. The first kappa shape index (κ1) is 16.3. The lowest BCUT2D eigenvalue weighted by molar-refractivity contribution is -0.131. The third kappa shape index (κ3) is 3.04. The molecule has 0 aromatic rings. The Balaban J connectivity index is 3.22. The molecular formula is C15H19FO4. The zero-order valence-electron chi connectivity index (χ0n) is 11.8. The molecule has 0 heterocycles. The van der Waals surface area contributed by atoms with Crippen LogP contribution in [0, 0.1) is 5.41 Å². The van der Waals surface area contributed by atoms with Crippen LogP contribution in [0.3, 0.4) is 0 Å². The molecule has 110 valence electrons. The summed E-state index contributed by atoms with van der Waals surface area (Å²) in [5.74, 6) is -1.32. The van der Waals surface area contributed by atoms with Crippen molar-refractivity contribution in [3.05, 3.63) is 35.5 Å². The van der Waals surface area contributed by atoms with Crippen molar-refractivity contribution < 1.29 is 24.2 Å². The highest BCUT2D eigenvalue weighted by molar-refractivity contribution is 5.93. The van der Waals surface area contributed by atoms with Gasteiger partial charge < -0.3 is 10.2 Å². The van der Waals surface area contributed by atoms with E-state index in [1.165, 1.54) is 25.2 Å². The minimum atomic E-state index is -1.61. The fourth-order valence-corrected chi connectivity index (χ4v) is 2.37. The van der Waals surface area contributed by atoms with E-state index in [-0.39, 0.29) is 12.2 Å². The number of rotatable bonds is 4. The molecule has 0 saturated carbocycles. The van der Waals surface area contributed by atoms with Crippen molar-refractivity contribution in [2.75, 3.05) is 6.67 Å². The maximum Gasteiger partial charge on any atom is 0.328 e. The van der Waals surface area contributed by atoms with Gasteiger partial charge in [-0.1, -0.05) is 13.0 Å². The molecule has 0 saturated heterocycles. The summed E-state index contributed by atoms with van der Waals surface area (Å²) in [6.07, 6.45) is 4.98. The molecule has 2 atom stereocenters. The Morgan fingerprint density at radius 1 is 1.55 bits per heavy atom. The Morgan fingerprint density at radius 3 is 2.65 bits per heavy atom. The molecule has 0 fully saturated rings. The van der Waals surface area contributed by atoms with E-state index in [0.29, 0.717) is 11.1 Å². The maximum absolute atomic E-state index is 13.4. The summed E-state index contributed by atoms with van der Waals surface area (Å²) in [6.45, 7) is 3.77. The van der Waals surface area contributed by atoms with Crippen molar-refractivity contribution in [1.82, 2.24) is 0 Å². The van der Waals surface area contributed by atoms with Crippen LogP contribution in [-0.2, 0) is 9.59 Å². The van der Waals surface area contributed by atoms with Crippen LogP contribution >= 0.6 is 0 Å². The molecule has 0 spiro atoms. The number of alkyl halides is 1. The monoisotopic (exact) mass is 282 g/mol. The van der Waals surface area contributed by atoms with Gasteiger partial charge in [0.2, 0.25) is 0 Å². The number of carbonyl (C=O) groups is 2. The third-order valence-corrected chi connectivity index (χ3v) is 3.70. The minimum absolute atomic E-state index is 0.0939. The Bertz CT molecular complexity index is 518. The van der Waals surface area contributed by atoms with Gasteiger partial charge in [0, 0.05) is 17.9 Å². The van der Waals surface area contributed by atoms with Crippen LogP contribution in [0.1, 0.15) is 27.2 Å². The van der Waals surface area contributed by atoms with Crippen molar-refractivity contribution in [2.24, 2.45) is 5.41 Å². The zero-order valence-corrected chi connectivity index (χ0v) is 11.8. The van der Waals surface area contributed by atoms with Gasteiger partial charge in [0.15, 0.2) is 5.78 Å². The van der Waals surface area contributed by atoms with Crippen molar-refractivity contribution >= 4 is 11.8 Å². The predicted octanol–water partition coefficient (Wildman–Crippen LogP) is 2.20. The summed E-state index contributed by atoms with van der Waals surface area (Å²) in [7, 11) is 0. The van der Waals surface area contributed by atoms with Crippen molar-refractivity contribution in [3.63, 3.8) is 0 Å². The average Bonchev–Trinajstić information content (AvgIpc) is 2.33. The standard InChI is InChI=1S/C15H19FO4/c1-10(6-13(18)19)4-5-15(20)11(2)7-12(17)8-14(15,3)9-16/h4-7,20H,8-9H2,1-3H3,(H,18,19)/b5-4+,10-6-/t14-,15-/m0/s1. The molecule has 0 unspecified atom stereocenters. The van der Waals surface area contributed by atoms with Crippen molar-refractivity contribution in [2.45, 2.75) is 32.8 Å². The van der Waals surface area contributed by atoms with Gasteiger partial charge >= 0.3 is 5.97 Å². The quantitative estimate of drug-likeness (QED) is 0.612. The third-order valence-electron chi connectivity index (χ3n) is 3.70. The van der Waals surface area contributed by atoms with Gasteiger partial charge in [-0.3, -0.25) is 9.18 Å². The van der Waals surface area contributed by atoms with Crippen LogP contribution in [0.4, 0.5) is 4.39 Å². The molecule has 0 aromatic heterocycles. The molecule has 20 heavy (non-hydrogen) atoms. The van der Waals surface area contributed by atoms with Gasteiger partial charge in [0.25, 0.3) is 0 Å². The fraction of sp³-hybridized carbons (Fsp3) is 0.467. The van der Waals surface area contributed by atoms with E-state index in [0.717, 1.165) is 6.08 Å². The van der Waals surface area contributed by atoms with Gasteiger partial charge in [-0.05, 0) is 37.1 Å². The molecular weight excluding hydrogens is 263 g/mol. The molecule has 0 amide bonds. The highest BCUT2D eigenvalue weighted by Crippen LogP contribution is 2.45. The SMILES string of the molecule is CC1=CC(=O)C[C@@](C)(CF)[C@]1(O)/C=C/C(C)=C\C(=O)O. The summed E-state index contributed by atoms with van der Waals surface area (Å²) in [5, 5.41) is 19.4. The normalized spacial score (nSPS) is 31.6. The zero-order chi connectivity index (χ0) is 15.6. The summed E-state index contributed by atoms with van der Waals surface area (Å²) in [4.78, 5) is 22.1. The number of aliphatic carboxylic acids is 1. The van der Waals surface area contributed by atoms with E-state index in [1.54, 1.807) is 13.8 Å².